The summed E-state index contributed by atoms with van der Waals surface area (Å²) in [5.74, 6) is 0.636. The van der Waals surface area contributed by atoms with E-state index in [1.165, 1.54) is 4.90 Å². The van der Waals surface area contributed by atoms with Crippen molar-refractivity contribution in [2.24, 2.45) is 0 Å². The van der Waals surface area contributed by atoms with Gasteiger partial charge in [0.1, 0.15) is 6.54 Å². The van der Waals surface area contributed by atoms with Gasteiger partial charge in [0, 0.05) is 5.56 Å². The van der Waals surface area contributed by atoms with Crippen LogP contribution in [-0.4, -0.2) is 31.6 Å². The van der Waals surface area contributed by atoms with Gasteiger partial charge in [0.05, 0.1) is 24.6 Å². The van der Waals surface area contributed by atoms with Crippen molar-refractivity contribution < 1.29 is 19.1 Å². The van der Waals surface area contributed by atoms with Crippen molar-refractivity contribution in [3.8, 4) is 11.5 Å². The Morgan fingerprint density at radius 2 is 1.80 bits per heavy atom. The van der Waals surface area contributed by atoms with E-state index in [1.54, 1.807) is 24.3 Å². The second kappa shape index (κ2) is 7.25. The Morgan fingerprint density at radius 3 is 2.56 bits per heavy atom. The third kappa shape index (κ3) is 3.42. The number of carbonyl (C=O) groups excluding carboxylic acids is 2. The molecule has 1 N–H and O–H groups in total. The van der Waals surface area contributed by atoms with Crippen molar-refractivity contribution in [1.82, 2.24) is 0 Å². The summed E-state index contributed by atoms with van der Waals surface area (Å²) in [4.78, 5) is 26.4. The first kappa shape index (κ1) is 16.8. The van der Waals surface area contributed by atoms with Crippen LogP contribution in [0.15, 0.2) is 42.5 Å². The Labute approximate surface area is 146 Å². The average Bonchev–Trinajstić information content (AvgIpc) is 2.62. The number of fused-ring (bicyclic) bond motifs is 1. The molecule has 130 valence electrons. The number of hydrogen-bond acceptors (Lipinski definition) is 4. The Hall–Kier alpha value is -3.02. The number of amides is 2. The first-order valence-corrected chi connectivity index (χ1v) is 8.24. The number of benzene rings is 2. The van der Waals surface area contributed by atoms with E-state index < -0.39 is 0 Å². The van der Waals surface area contributed by atoms with E-state index in [4.69, 9.17) is 9.47 Å². The molecule has 1 heterocycles. The fourth-order valence-corrected chi connectivity index (χ4v) is 2.75. The second-order valence-corrected chi connectivity index (χ2v) is 5.48. The SMILES string of the molecule is CCOc1ccc(C(=O)N2CC(=O)Nc3ccccc32)cc1OCC. The van der Waals surface area contributed by atoms with Gasteiger partial charge in [-0.15, -0.1) is 0 Å². The first-order chi connectivity index (χ1) is 12.1. The Bertz CT molecular complexity index is 804. The van der Waals surface area contributed by atoms with Crippen molar-refractivity contribution in [3.05, 3.63) is 48.0 Å². The Morgan fingerprint density at radius 1 is 1.08 bits per heavy atom. The zero-order valence-electron chi connectivity index (χ0n) is 14.2. The molecule has 2 amide bonds. The molecule has 3 rings (SSSR count). The molecule has 0 radical (unpaired) electrons. The van der Waals surface area contributed by atoms with Crippen LogP contribution in [-0.2, 0) is 4.79 Å². The molecule has 0 atom stereocenters. The van der Waals surface area contributed by atoms with Gasteiger partial charge in [-0.1, -0.05) is 12.1 Å². The van der Waals surface area contributed by atoms with Crippen molar-refractivity contribution in [1.29, 1.82) is 0 Å². The van der Waals surface area contributed by atoms with Crippen molar-refractivity contribution in [2.45, 2.75) is 13.8 Å². The highest BCUT2D eigenvalue weighted by molar-refractivity contribution is 6.15. The van der Waals surface area contributed by atoms with Crippen LogP contribution in [0, 0.1) is 0 Å². The van der Waals surface area contributed by atoms with Gasteiger partial charge in [-0.25, -0.2) is 0 Å². The number of nitrogens with one attached hydrogen (secondary N) is 1. The number of rotatable bonds is 5. The zero-order chi connectivity index (χ0) is 17.8. The number of ether oxygens (including phenoxy) is 2. The number of hydrogen-bond donors (Lipinski definition) is 1. The summed E-state index contributed by atoms with van der Waals surface area (Å²) in [6, 6.07) is 12.3. The quantitative estimate of drug-likeness (QED) is 0.908. The van der Waals surface area contributed by atoms with Crippen molar-refractivity contribution >= 4 is 23.2 Å². The van der Waals surface area contributed by atoms with E-state index in [0.29, 0.717) is 41.7 Å². The van der Waals surface area contributed by atoms with Crippen LogP contribution in [0.3, 0.4) is 0 Å². The fourth-order valence-electron chi connectivity index (χ4n) is 2.75. The predicted octanol–water partition coefficient (Wildman–Crippen LogP) is 3.08. The maximum atomic E-state index is 13.0. The topological polar surface area (TPSA) is 67.9 Å². The molecule has 0 saturated heterocycles. The lowest BCUT2D eigenvalue weighted by molar-refractivity contribution is -0.115. The molecule has 0 fully saturated rings. The molecule has 0 spiro atoms. The minimum atomic E-state index is -0.258. The predicted molar refractivity (Wildman–Crippen MR) is 95.5 cm³/mol. The first-order valence-electron chi connectivity index (χ1n) is 8.24. The summed E-state index contributed by atoms with van der Waals surface area (Å²) in [6.07, 6.45) is 0. The van der Waals surface area contributed by atoms with Crippen LogP contribution in [0.25, 0.3) is 0 Å². The number of para-hydroxylation sites is 2. The Balaban J connectivity index is 1.95. The molecule has 0 aliphatic carbocycles. The van der Waals surface area contributed by atoms with Crippen LogP contribution >= 0.6 is 0 Å². The van der Waals surface area contributed by atoms with Gasteiger partial charge in [-0.05, 0) is 44.2 Å². The molecule has 1 aliphatic heterocycles. The van der Waals surface area contributed by atoms with Crippen LogP contribution < -0.4 is 19.7 Å². The third-order valence-electron chi connectivity index (χ3n) is 3.81. The number of anilines is 2. The maximum absolute atomic E-state index is 13.0. The van der Waals surface area contributed by atoms with Crippen molar-refractivity contribution in [2.75, 3.05) is 30.0 Å². The summed E-state index contributed by atoms with van der Waals surface area (Å²) >= 11 is 0. The van der Waals surface area contributed by atoms with Gasteiger partial charge in [0.15, 0.2) is 11.5 Å². The number of carbonyl (C=O) groups is 2. The smallest absolute Gasteiger partial charge is 0.258 e. The standard InChI is InChI=1S/C19H20N2O4/c1-3-24-16-10-9-13(11-17(16)25-4-2)19(23)21-12-18(22)20-14-7-5-6-8-15(14)21/h5-11H,3-4,12H2,1-2H3,(H,20,22). The van der Waals surface area contributed by atoms with Crippen LogP contribution in [0.1, 0.15) is 24.2 Å². The normalized spacial score (nSPS) is 13.0. The lowest BCUT2D eigenvalue weighted by atomic mass is 10.1. The molecule has 0 aromatic heterocycles. The summed E-state index contributed by atoms with van der Waals surface area (Å²) < 4.78 is 11.1. The van der Waals surface area contributed by atoms with E-state index in [0.717, 1.165) is 0 Å². The molecule has 1 aliphatic rings. The molecule has 0 bridgehead atoms. The fraction of sp³-hybridized carbons (Fsp3) is 0.263. The molecule has 25 heavy (non-hydrogen) atoms. The highest BCUT2D eigenvalue weighted by Crippen LogP contribution is 2.33. The highest BCUT2D eigenvalue weighted by Gasteiger charge is 2.28. The lowest BCUT2D eigenvalue weighted by Crippen LogP contribution is -2.42. The van der Waals surface area contributed by atoms with Gasteiger partial charge in [0.25, 0.3) is 5.91 Å². The molecule has 6 heteroatoms. The van der Waals surface area contributed by atoms with Gasteiger partial charge >= 0.3 is 0 Å². The van der Waals surface area contributed by atoms with E-state index in [9.17, 15) is 9.59 Å². The van der Waals surface area contributed by atoms with Crippen molar-refractivity contribution in [3.63, 3.8) is 0 Å². The third-order valence-corrected chi connectivity index (χ3v) is 3.81. The maximum Gasteiger partial charge on any atom is 0.258 e. The molecular weight excluding hydrogens is 320 g/mol. The monoisotopic (exact) mass is 340 g/mol. The van der Waals surface area contributed by atoms with Gasteiger partial charge in [0.2, 0.25) is 5.91 Å². The molecular formula is C19H20N2O4. The molecule has 2 aromatic rings. The molecule has 2 aromatic carbocycles. The molecule has 0 saturated carbocycles. The van der Waals surface area contributed by atoms with E-state index in [-0.39, 0.29) is 18.4 Å². The average molecular weight is 340 g/mol. The minimum absolute atomic E-state index is 0.0208. The van der Waals surface area contributed by atoms with Crippen LogP contribution in [0.5, 0.6) is 11.5 Å². The van der Waals surface area contributed by atoms with E-state index in [2.05, 4.69) is 5.32 Å². The largest absolute Gasteiger partial charge is 0.490 e. The van der Waals surface area contributed by atoms with E-state index in [1.807, 2.05) is 32.0 Å². The summed E-state index contributed by atoms with van der Waals surface area (Å²) in [6.45, 7) is 4.71. The lowest BCUT2D eigenvalue weighted by Gasteiger charge is -2.29. The molecule has 0 unspecified atom stereocenters. The van der Waals surface area contributed by atoms with E-state index >= 15 is 0 Å². The van der Waals surface area contributed by atoms with Gasteiger partial charge in [-0.3, -0.25) is 14.5 Å². The van der Waals surface area contributed by atoms with Gasteiger partial charge in [-0.2, -0.15) is 0 Å². The summed E-state index contributed by atoms with van der Waals surface area (Å²) in [7, 11) is 0. The van der Waals surface area contributed by atoms with Gasteiger partial charge < -0.3 is 14.8 Å². The van der Waals surface area contributed by atoms with Crippen LogP contribution in [0.4, 0.5) is 11.4 Å². The second-order valence-electron chi connectivity index (χ2n) is 5.48. The number of nitrogens with zero attached hydrogens (tertiary/aromatic N) is 1. The zero-order valence-corrected chi connectivity index (χ0v) is 14.2. The highest BCUT2D eigenvalue weighted by atomic mass is 16.5. The van der Waals surface area contributed by atoms with Crippen LogP contribution in [0.2, 0.25) is 0 Å². The summed E-state index contributed by atoms with van der Waals surface area (Å²) in [5, 5.41) is 2.78. The Kier molecular flexibility index (Phi) is 4.88. The minimum Gasteiger partial charge on any atom is -0.490 e. The molecule has 6 nitrogen and oxygen atoms in total. The summed E-state index contributed by atoms with van der Waals surface area (Å²) in [5.41, 5.74) is 1.75.